The van der Waals surface area contributed by atoms with Crippen LogP contribution in [0.4, 0.5) is 5.69 Å². The average Bonchev–Trinajstić information content (AvgIpc) is 2.99. The molecule has 1 aliphatic heterocycles. The van der Waals surface area contributed by atoms with Gasteiger partial charge in [-0.1, -0.05) is 18.2 Å². The second-order valence-corrected chi connectivity index (χ2v) is 6.65. The van der Waals surface area contributed by atoms with E-state index in [0.717, 1.165) is 33.2 Å². The van der Waals surface area contributed by atoms with Crippen molar-refractivity contribution in [2.75, 3.05) is 11.6 Å². The first-order valence-corrected chi connectivity index (χ1v) is 9.13. The molecule has 0 atom stereocenters. The topological polar surface area (TPSA) is 56.2 Å². The molecular weight excluding hydrogens is 334 g/mol. The fourth-order valence-electron chi connectivity index (χ4n) is 3.05. The molecule has 5 nitrogen and oxygen atoms in total. The van der Waals surface area contributed by atoms with Gasteiger partial charge in [-0.15, -0.1) is 11.8 Å². The molecular formula is C19H17N3O2S. The van der Waals surface area contributed by atoms with Crippen LogP contribution in [0.25, 0.3) is 11.3 Å². The molecule has 2 aromatic carbocycles. The standard InChI is InChI=1S/C19H17N3O2S/c1-22-18-14-8-3-4-9-16(14)24-11-15(18)17(21-22)19(23)20-12-6-5-7-13(10-12)25-2/h3-10H,11H2,1-2H3,(H,20,23). The van der Waals surface area contributed by atoms with Crippen molar-refractivity contribution >= 4 is 23.4 Å². The van der Waals surface area contributed by atoms with Crippen LogP contribution in [0.5, 0.6) is 5.75 Å². The molecule has 0 saturated carbocycles. The zero-order valence-electron chi connectivity index (χ0n) is 13.9. The Labute approximate surface area is 150 Å². The van der Waals surface area contributed by atoms with Crippen LogP contribution in [0, 0.1) is 0 Å². The van der Waals surface area contributed by atoms with Crippen molar-refractivity contribution in [2.24, 2.45) is 7.05 Å². The smallest absolute Gasteiger partial charge is 0.276 e. The number of aryl methyl sites for hydroxylation is 1. The number of fused-ring (bicyclic) bond motifs is 3. The number of benzene rings is 2. The van der Waals surface area contributed by atoms with Crippen LogP contribution in [-0.4, -0.2) is 21.9 Å². The molecule has 0 radical (unpaired) electrons. The van der Waals surface area contributed by atoms with Gasteiger partial charge in [-0.2, -0.15) is 5.10 Å². The van der Waals surface area contributed by atoms with Crippen LogP contribution in [-0.2, 0) is 13.7 Å². The second-order valence-electron chi connectivity index (χ2n) is 5.77. The molecule has 0 bridgehead atoms. The van der Waals surface area contributed by atoms with Crippen molar-refractivity contribution in [1.82, 2.24) is 9.78 Å². The minimum atomic E-state index is -0.224. The number of ether oxygens (including phenoxy) is 1. The molecule has 25 heavy (non-hydrogen) atoms. The van der Waals surface area contributed by atoms with Crippen LogP contribution in [0.2, 0.25) is 0 Å². The van der Waals surface area contributed by atoms with E-state index in [0.29, 0.717) is 12.3 Å². The Morgan fingerprint density at radius 3 is 2.92 bits per heavy atom. The molecule has 0 saturated heterocycles. The van der Waals surface area contributed by atoms with E-state index in [9.17, 15) is 4.79 Å². The number of aromatic nitrogens is 2. The van der Waals surface area contributed by atoms with E-state index >= 15 is 0 Å². The summed E-state index contributed by atoms with van der Waals surface area (Å²) in [6.45, 7) is 0.341. The van der Waals surface area contributed by atoms with E-state index in [2.05, 4.69) is 10.4 Å². The Hall–Kier alpha value is -2.73. The van der Waals surface area contributed by atoms with Gasteiger partial charge < -0.3 is 10.1 Å². The molecule has 0 unspecified atom stereocenters. The first kappa shape index (κ1) is 15.8. The molecule has 1 aromatic heterocycles. The third-order valence-electron chi connectivity index (χ3n) is 4.20. The average molecular weight is 351 g/mol. The first-order chi connectivity index (χ1) is 12.2. The maximum absolute atomic E-state index is 12.8. The summed E-state index contributed by atoms with van der Waals surface area (Å²) in [7, 11) is 1.85. The third-order valence-corrected chi connectivity index (χ3v) is 4.93. The molecule has 0 spiro atoms. The molecule has 1 N–H and O–H groups in total. The number of anilines is 1. The van der Waals surface area contributed by atoms with E-state index in [-0.39, 0.29) is 5.91 Å². The predicted octanol–water partition coefficient (Wildman–Crippen LogP) is 3.95. The first-order valence-electron chi connectivity index (χ1n) is 7.91. The highest BCUT2D eigenvalue weighted by Gasteiger charge is 2.28. The fraction of sp³-hybridized carbons (Fsp3) is 0.158. The summed E-state index contributed by atoms with van der Waals surface area (Å²) < 4.78 is 7.56. The minimum absolute atomic E-state index is 0.224. The van der Waals surface area contributed by atoms with Gasteiger partial charge in [0, 0.05) is 28.8 Å². The molecule has 1 aliphatic rings. The molecule has 0 fully saturated rings. The maximum Gasteiger partial charge on any atom is 0.276 e. The third kappa shape index (κ3) is 2.78. The second kappa shape index (κ2) is 6.29. The van der Waals surface area contributed by atoms with Gasteiger partial charge in [-0.3, -0.25) is 9.48 Å². The predicted molar refractivity (Wildman–Crippen MR) is 99.2 cm³/mol. The molecule has 126 valence electrons. The molecule has 0 aliphatic carbocycles. The largest absolute Gasteiger partial charge is 0.488 e. The lowest BCUT2D eigenvalue weighted by Crippen LogP contribution is -2.16. The maximum atomic E-state index is 12.8. The zero-order valence-corrected chi connectivity index (χ0v) is 14.8. The highest BCUT2D eigenvalue weighted by molar-refractivity contribution is 7.98. The van der Waals surface area contributed by atoms with Crippen LogP contribution in [0.3, 0.4) is 0 Å². The van der Waals surface area contributed by atoms with Crippen molar-refractivity contribution in [3.8, 4) is 17.0 Å². The zero-order chi connectivity index (χ0) is 17.4. The SMILES string of the molecule is CSc1cccc(NC(=O)c2nn(C)c3c2COc2ccccc2-3)c1. The van der Waals surface area contributed by atoms with Crippen LogP contribution >= 0.6 is 11.8 Å². The summed E-state index contributed by atoms with van der Waals surface area (Å²) in [5, 5.41) is 7.39. The fourth-order valence-corrected chi connectivity index (χ4v) is 3.51. The number of nitrogens with zero attached hydrogens (tertiary/aromatic N) is 2. The van der Waals surface area contributed by atoms with Gasteiger partial charge >= 0.3 is 0 Å². The summed E-state index contributed by atoms with van der Waals surface area (Å²) in [6.07, 6.45) is 2.00. The Morgan fingerprint density at radius 2 is 2.08 bits per heavy atom. The van der Waals surface area contributed by atoms with Crippen molar-refractivity contribution in [2.45, 2.75) is 11.5 Å². The number of amides is 1. The quantitative estimate of drug-likeness (QED) is 0.726. The van der Waals surface area contributed by atoms with E-state index in [4.69, 9.17) is 4.74 Å². The molecule has 1 amide bonds. The molecule has 6 heteroatoms. The van der Waals surface area contributed by atoms with Gasteiger partial charge in [0.15, 0.2) is 5.69 Å². The lowest BCUT2D eigenvalue weighted by Gasteiger charge is -2.18. The number of hydrogen-bond acceptors (Lipinski definition) is 4. The summed E-state index contributed by atoms with van der Waals surface area (Å²) in [5.41, 5.74) is 3.88. The van der Waals surface area contributed by atoms with Crippen molar-refractivity contribution in [3.05, 3.63) is 59.8 Å². The van der Waals surface area contributed by atoms with Crippen LogP contribution in [0.1, 0.15) is 16.1 Å². The normalized spacial score (nSPS) is 12.1. The Morgan fingerprint density at radius 1 is 1.24 bits per heavy atom. The van der Waals surface area contributed by atoms with E-state index < -0.39 is 0 Å². The van der Waals surface area contributed by atoms with Crippen molar-refractivity contribution < 1.29 is 9.53 Å². The Kier molecular flexibility index (Phi) is 3.97. The Bertz CT molecular complexity index is 965. The highest BCUT2D eigenvalue weighted by atomic mass is 32.2. The summed E-state index contributed by atoms with van der Waals surface area (Å²) in [4.78, 5) is 13.9. The van der Waals surface area contributed by atoms with E-state index in [1.165, 1.54) is 0 Å². The van der Waals surface area contributed by atoms with Crippen molar-refractivity contribution in [3.63, 3.8) is 0 Å². The highest BCUT2D eigenvalue weighted by Crippen LogP contribution is 2.38. The lowest BCUT2D eigenvalue weighted by atomic mass is 10.0. The monoisotopic (exact) mass is 351 g/mol. The van der Waals surface area contributed by atoms with Gasteiger partial charge in [0.2, 0.25) is 0 Å². The van der Waals surface area contributed by atoms with Gasteiger partial charge in [-0.25, -0.2) is 0 Å². The van der Waals surface area contributed by atoms with E-state index in [1.807, 2.05) is 61.8 Å². The minimum Gasteiger partial charge on any atom is -0.488 e. The number of carbonyl (C=O) groups is 1. The van der Waals surface area contributed by atoms with Gasteiger partial charge in [0.25, 0.3) is 5.91 Å². The summed E-state index contributed by atoms with van der Waals surface area (Å²) >= 11 is 1.63. The number of hydrogen-bond donors (Lipinski definition) is 1. The van der Waals surface area contributed by atoms with Crippen molar-refractivity contribution in [1.29, 1.82) is 0 Å². The number of thioether (sulfide) groups is 1. The van der Waals surface area contributed by atoms with Gasteiger partial charge in [0.1, 0.15) is 12.4 Å². The summed E-state index contributed by atoms with van der Waals surface area (Å²) in [6, 6.07) is 15.6. The molecule has 2 heterocycles. The van der Waals surface area contributed by atoms with E-state index in [1.54, 1.807) is 16.4 Å². The number of carbonyl (C=O) groups excluding carboxylic acids is 1. The molecule has 3 aromatic rings. The summed E-state index contributed by atoms with van der Waals surface area (Å²) in [5.74, 6) is 0.593. The number of rotatable bonds is 3. The number of para-hydroxylation sites is 1. The number of nitrogens with one attached hydrogen (secondary N) is 1. The van der Waals surface area contributed by atoms with Crippen LogP contribution < -0.4 is 10.1 Å². The molecule has 4 rings (SSSR count). The van der Waals surface area contributed by atoms with Gasteiger partial charge in [0.05, 0.1) is 5.69 Å². The van der Waals surface area contributed by atoms with Gasteiger partial charge in [-0.05, 0) is 36.6 Å². The lowest BCUT2D eigenvalue weighted by molar-refractivity contribution is 0.101. The van der Waals surface area contributed by atoms with Crippen LogP contribution in [0.15, 0.2) is 53.4 Å². The Balaban J connectivity index is 1.70.